The van der Waals surface area contributed by atoms with Gasteiger partial charge in [-0.25, -0.2) is 4.57 Å². The highest BCUT2D eigenvalue weighted by Crippen LogP contribution is 2.47. The number of carbonyl (C=O) groups is 1. The zero-order valence-electron chi connectivity index (χ0n) is 32.6. The Bertz CT molecular complexity index is 1020. The molecule has 0 spiro atoms. The zero-order chi connectivity index (χ0) is 39.2. The number of allylic oxidation sites excluding steroid dienone is 6. The fraction of sp³-hybridized carbons (Fsp3) is 0.825. The molecule has 310 valence electrons. The second-order valence-electron chi connectivity index (χ2n) is 14.1. The van der Waals surface area contributed by atoms with Gasteiger partial charge in [0.25, 0.3) is 0 Å². The standard InChI is InChI=1S/C40H73O12P/c1-3-5-7-9-11-13-15-16-17-18-20-22-24-26-28-30-49-31-33(51-34(41)29-27-25-23-21-19-14-12-10-8-6-4-2)32-50-53(47,48)52-40-38(45)36(43)35(42)37(44)39(40)46/h9-12,15-16,33,35-40,42-46H,3-8,13-14,17-32H2,1-2H3,(H,47,48)/b11-9-,12-10-,16-15-. The summed E-state index contributed by atoms with van der Waals surface area (Å²) in [5, 5.41) is 50.0. The second-order valence-corrected chi connectivity index (χ2v) is 15.5. The van der Waals surface area contributed by atoms with Crippen molar-refractivity contribution < 1.29 is 58.3 Å². The Morgan fingerprint density at radius 1 is 0.604 bits per heavy atom. The lowest BCUT2D eigenvalue weighted by Gasteiger charge is -2.41. The van der Waals surface area contributed by atoms with Gasteiger partial charge in [-0.05, 0) is 57.8 Å². The summed E-state index contributed by atoms with van der Waals surface area (Å²) in [5.74, 6) is -0.494. The molecule has 0 saturated heterocycles. The van der Waals surface area contributed by atoms with E-state index in [0.717, 1.165) is 89.9 Å². The molecule has 13 heteroatoms. The third kappa shape index (κ3) is 24.6. The SMILES string of the molecule is CCCC/C=C\C/C=C\CCCCCCCCOCC(COP(=O)(O)OC1C(O)C(O)C(O)C(O)C1O)OC(=O)CCCCCCC/C=C\CCCC. The summed E-state index contributed by atoms with van der Waals surface area (Å²) >= 11 is 0. The van der Waals surface area contributed by atoms with Gasteiger partial charge in [0.1, 0.15) is 42.7 Å². The van der Waals surface area contributed by atoms with Gasteiger partial charge in [-0.3, -0.25) is 13.8 Å². The molecule has 0 aromatic heterocycles. The minimum absolute atomic E-state index is 0.0874. The first-order valence-corrected chi connectivity index (χ1v) is 21.8. The number of hydrogen-bond acceptors (Lipinski definition) is 11. The summed E-state index contributed by atoms with van der Waals surface area (Å²) in [6.45, 7) is 4.12. The van der Waals surface area contributed by atoms with E-state index in [2.05, 4.69) is 50.3 Å². The molecule has 0 aliphatic heterocycles. The monoisotopic (exact) mass is 776 g/mol. The van der Waals surface area contributed by atoms with Gasteiger partial charge in [0, 0.05) is 13.0 Å². The maximum Gasteiger partial charge on any atom is 0.472 e. The van der Waals surface area contributed by atoms with Crippen molar-refractivity contribution in [1.29, 1.82) is 0 Å². The first-order chi connectivity index (χ1) is 25.5. The molecule has 0 aromatic rings. The van der Waals surface area contributed by atoms with Crippen LogP contribution < -0.4 is 0 Å². The largest absolute Gasteiger partial charge is 0.472 e. The third-order valence-corrected chi connectivity index (χ3v) is 10.2. The van der Waals surface area contributed by atoms with Gasteiger partial charge >= 0.3 is 13.8 Å². The van der Waals surface area contributed by atoms with Crippen LogP contribution in [0.3, 0.4) is 0 Å². The molecule has 0 radical (unpaired) electrons. The average molecular weight is 777 g/mol. The van der Waals surface area contributed by atoms with Crippen molar-refractivity contribution in [2.75, 3.05) is 19.8 Å². The van der Waals surface area contributed by atoms with E-state index in [1.54, 1.807) is 0 Å². The summed E-state index contributed by atoms with van der Waals surface area (Å²) in [6, 6.07) is 0. The Morgan fingerprint density at radius 2 is 1.06 bits per heavy atom. The predicted octanol–water partition coefficient (Wildman–Crippen LogP) is 7.14. The smallest absolute Gasteiger partial charge is 0.457 e. The third-order valence-electron chi connectivity index (χ3n) is 9.24. The Morgan fingerprint density at radius 3 is 1.60 bits per heavy atom. The van der Waals surface area contributed by atoms with E-state index >= 15 is 0 Å². The molecule has 12 nitrogen and oxygen atoms in total. The molecule has 53 heavy (non-hydrogen) atoms. The molecule has 1 aliphatic carbocycles. The molecule has 1 saturated carbocycles. The van der Waals surface area contributed by atoms with Crippen LogP contribution in [0.1, 0.15) is 149 Å². The van der Waals surface area contributed by atoms with Gasteiger partial charge in [0.15, 0.2) is 0 Å². The molecule has 0 heterocycles. The molecule has 0 amide bonds. The molecule has 0 bridgehead atoms. The van der Waals surface area contributed by atoms with E-state index in [9.17, 15) is 39.8 Å². The van der Waals surface area contributed by atoms with Crippen LogP contribution in [-0.4, -0.2) is 98.9 Å². The maximum absolute atomic E-state index is 12.7. The number of esters is 1. The molecule has 6 atom stereocenters. The molecule has 1 rings (SSSR count). The van der Waals surface area contributed by atoms with Crippen molar-refractivity contribution in [1.82, 2.24) is 0 Å². The molecule has 1 fully saturated rings. The van der Waals surface area contributed by atoms with E-state index in [1.807, 2.05) is 0 Å². The summed E-state index contributed by atoms with van der Waals surface area (Å²) in [5.41, 5.74) is 0. The van der Waals surface area contributed by atoms with Gasteiger partial charge < -0.3 is 39.9 Å². The Labute approximate surface area is 319 Å². The fourth-order valence-electron chi connectivity index (χ4n) is 5.88. The van der Waals surface area contributed by atoms with Crippen LogP contribution in [0.15, 0.2) is 36.5 Å². The molecule has 1 aliphatic rings. The highest BCUT2D eigenvalue weighted by Gasteiger charge is 2.51. The van der Waals surface area contributed by atoms with Crippen molar-refractivity contribution in [2.45, 2.75) is 191 Å². The van der Waals surface area contributed by atoms with Crippen LogP contribution >= 0.6 is 7.82 Å². The van der Waals surface area contributed by atoms with Gasteiger partial charge in [-0.2, -0.15) is 0 Å². The normalized spacial score (nSPS) is 24.0. The van der Waals surface area contributed by atoms with E-state index in [1.165, 1.54) is 32.1 Å². The number of carbonyl (C=O) groups excluding carboxylic acids is 1. The van der Waals surface area contributed by atoms with E-state index in [0.29, 0.717) is 13.0 Å². The van der Waals surface area contributed by atoms with Crippen LogP contribution in [0.2, 0.25) is 0 Å². The number of rotatable bonds is 33. The van der Waals surface area contributed by atoms with Crippen molar-refractivity contribution in [3.63, 3.8) is 0 Å². The number of ether oxygens (including phenoxy) is 2. The fourth-order valence-corrected chi connectivity index (χ4v) is 6.85. The number of phosphoric ester groups is 1. The van der Waals surface area contributed by atoms with E-state index < -0.39 is 63.1 Å². The quantitative estimate of drug-likeness (QED) is 0.0171. The Balaban J connectivity index is 2.46. The van der Waals surface area contributed by atoms with Crippen LogP contribution in [0.25, 0.3) is 0 Å². The Hall–Kier alpha value is -1.44. The average Bonchev–Trinajstić information content (AvgIpc) is 3.14. The number of unbranched alkanes of at least 4 members (excludes halogenated alkanes) is 15. The van der Waals surface area contributed by atoms with Gasteiger partial charge in [0.2, 0.25) is 0 Å². The number of hydrogen-bond donors (Lipinski definition) is 6. The molecule has 6 unspecified atom stereocenters. The molecular formula is C40H73O12P. The minimum Gasteiger partial charge on any atom is -0.457 e. The van der Waals surface area contributed by atoms with Crippen molar-refractivity contribution in [2.24, 2.45) is 0 Å². The van der Waals surface area contributed by atoms with Crippen LogP contribution in [0, 0.1) is 0 Å². The topological polar surface area (TPSA) is 192 Å². The summed E-state index contributed by atoms with van der Waals surface area (Å²) in [6.07, 6.45) is 22.2. The summed E-state index contributed by atoms with van der Waals surface area (Å²) in [4.78, 5) is 23.0. The summed E-state index contributed by atoms with van der Waals surface area (Å²) < 4.78 is 34.0. The minimum atomic E-state index is -5.01. The lowest BCUT2D eigenvalue weighted by Crippen LogP contribution is -2.64. The first-order valence-electron chi connectivity index (χ1n) is 20.3. The highest BCUT2D eigenvalue weighted by atomic mass is 31.2. The van der Waals surface area contributed by atoms with Crippen LogP contribution in [-0.2, 0) is 27.9 Å². The van der Waals surface area contributed by atoms with Gasteiger partial charge in [-0.15, -0.1) is 0 Å². The predicted molar refractivity (Wildman–Crippen MR) is 207 cm³/mol. The first kappa shape index (κ1) is 49.6. The number of phosphoric acid groups is 1. The second kappa shape index (κ2) is 31.7. The summed E-state index contributed by atoms with van der Waals surface area (Å²) in [7, 11) is -5.01. The molecule has 0 aromatic carbocycles. The maximum atomic E-state index is 12.7. The molecule has 6 N–H and O–H groups in total. The van der Waals surface area contributed by atoms with Crippen LogP contribution in [0.4, 0.5) is 0 Å². The lowest BCUT2D eigenvalue weighted by atomic mass is 9.85. The van der Waals surface area contributed by atoms with Crippen molar-refractivity contribution >= 4 is 13.8 Å². The van der Waals surface area contributed by atoms with E-state index in [4.69, 9.17) is 18.5 Å². The lowest BCUT2D eigenvalue weighted by molar-refractivity contribution is -0.220. The van der Waals surface area contributed by atoms with Crippen LogP contribution in [0.5, 0.6) is 0 Å². The number of aliphatic hydroxyl groups excluding tert-OH is 5. The highest BCUT2D eigenvalue weighted by molar-refractivity contribution is 7.47. The number of aliphatic hydroxyl groups is 5. The van der Waals surface area contributed by atoms with Gasteiger partial charge in [0.05, 0.1) is 13.2 Å². The van der Waals surface area contributed by atoms with E-state index in [-0.39, 0.29) is 13.0 Å². The zero-order valence-corrected chi connectivity index (χ0v) is 33.5. The van der Waals surface area contributed by atoms with Gasteiger partial charge in [-0.1, -0.05) is 121 Å². The molecular weight excluding hydrogens is 703 g/mol. The Kier molecular flexibility index (Phi) is 29.7. The van der Waals surface area contributed by atoms with Crippen molar-refractivity contribution in [3.8, 4) is 0 Å². The van der Waals surface area contributed by atoms with Crippen molar-refractivity contribution in [3.05, 3.63) is 36.5 Å².